The zero-order chi connectivity index (χ0) is 15.2. The summed E-state index contributed by atoms with van der Waals surface area (Å²) in [7, 11) is 0. The standard InChI is InChI=1S/C18H22N2O/c1-13-7-9-17(10-8-13)20-18(21)15(3)19-12-16-6-4-5-14(2)11-16/h4-11,15,19H,12H2,1-3H3,(H,20,21). The summed E-state index contributed by atoms with van der Waals surface area (Å²) in [5.41, 5.74) is 4.42. The van der Waals surface area contributed by atoms with Crippen LogP contribution in [0.1, 0.15) is 23.6 Å². The van der Waals surface area contributed by atoms with Crippen LogP contribution in [0.5, 0.6) is 0 Å². The van der Waals surface area contributed by atoms with Gasteiger partial charge in [-0.25, -0.2) is 0 Å². The molecule has 0 bridgehead atoms. The van der Waals surface area contributed by atoms with Crippen LogP contribution in [0.15, 0.2) is 48.5 Å². The second kappa shape index (κ2) is 7.04. The molecule has 1 atom stereocenters. The van der Waals surface area contributed by atoms with Crippen molar-refractivity contribution in [2.45, 2.75) is 33.4 Å². The normalized spacial score (nSPS) is 12.0. The van der Waals surface area contributed by atoms with E-state index in [-0.39, 0.29) is 11.9 Å². The first kappa shape index (κ1) is 15.3. The van der Waals surface area contributed by atoms with Gasteiger partial charge in [-0.1, -0.05) is 47.5 Å². The van der Waals surface area contributed by atoms with Crippen LogP contribution in [-0.4, -0.2) is 11.9 Å². The summed E-state index contributed by atoms with van der Waals surface area (Å²) in [6, 6.07) is 15.8. The van der Waals surface area contributed by atoms with E-state index in [1.165, 1.54) is 16.7 Å². The number of nitrogens with one attached hydrogen (secondary N) is 2. The maximum absolute atomic E-state index is 12.1. The first-order valence-electron chi connectivity index (χ1n) is 7.21. The van der Waals surface area contributed by atoms with E-state index in [2.05, 4.69) is 35.8 Å². The highest BCUT2D eigenvalue weighted by Crippen LogP contribution is 2.09. The molecule has 0 aliphatic carbocycles. The molecule has 21 heavy (non-hydrogen) atoms. The Hall–Kier alpha value is -2.13. The van der Waals surface area contributed by atoms with Gasteiger partial charge in [0, 0.05) is 12.2 Å². The van der Waals surface area contributed by atoms with Gasteiger partial charge in [0.1, 0.15) is 0 Å². The zero-order valence-electron chi connectivity index (χ0n) is 12.8. The number of carbonyl (C=O) groups is 1. The summed E-state index contributed by atoms with van der Waals surface area (Å²) in [5.74, 6) is -0.0218. The van der Waals surface area contributed by atoms with Crippen molar-refractivity contribution in [3.05, 3.63) is 65.2 Å². The summed E-state index contributed by atoms with van der Waals surface area (Å²) in [6.07, 6.45) is 0. The second-order valence-corrected chi connectivity index (χ2v) is 5.45. The van der Waals surface area contributed by atoms with Crippen LogP contribution < -0.4 is 10.6 Å². The molecule has 110 valence electrons. The van der Waals surface area contributed by atoms with Gasteiger partial charge in [0.2, 0.25) is 5.91 Å². The van der Waals surface area contributed by atoms with Gasteiger partial charge in [0.25, 0.3) is 0 Å². The van der Waals surface area contributed by atoms with Crippen molar-refractivity contribution >= 4 is 11.6 Å². The zero-order valence-corrected chi connectivity index (χ0v) is 12.8. The van der Waals surface area contributed by atoms with Crippen molar-refractivity contribution in [3.8, 4) is 0 Å². The smallest absolute Gasteiger partial charge is 0.241 e. The van der Waals surface area contributed by atoms with E-state index >= 15 is 0 Å². The van der Waals surface area contributed by atoms with Gasteiger partial charge in [-0.15, -0.1) is 0 Å². The summed E-state index contributed by atoms with van der Waals surface area (Å²) in [5, 5.41) is 6.16. The fraction of sp³-hybridized carbons (Fsp3) is 0.278. The molecule has 0 fully saturated rings. The summed E-state index contributed by atoms with van der Waals surface area (Å²) in [6.45, 7) is 6.65. The van der Waals surface area contributed by atoms with Crippen LogP contribution in [-0.2, 0) is 11.3 Å². The molecule has 0 saturated heterocycles. The topological polar surface area (TPSA) is 41.1 Å². The molecule has 3 nitrogen and oxygen atoms in total. The van der Waals surface area contributed by atoms with Crippen LogP contribution in [0.2, 0.25) is 0 Å². The highest BCUT2D eigenvalue weighted by atomic mass is 16.2. The summed E-state index contributed by atoms with van der Waals surface area (Å²) >= 11 is 0. The molecule has 0 radical (unpaired) electrons. The van der Waals surface area contributed by atoms with Crippen molar-refractivity contribution in [3.63, 3.8) is 0 Å². The molecule has 0 heterocycles. The van der Waals surface area contributed by atoms with Gasteiger partial charge in [-0.3, -0.25) is 4.79 Å². The molecular weight excluding hydrogens is 260 g/mol. The Morgan fingerprint density at radius 1 is 1.05 bits per heavy atom. The van der Waals surface area contributed by atoms with Gasteiger partial charge in [-0.2, -0.15) is 0 Å². The molecular formula is C18H22N2O. The van der Waals surface area contributed by atoms with E-state index in [0.717, 1.165) is 5.69 Å². The van der Waals surface area contributed by atoms with Crippen LogP contribution in [0.4, 0.5) is 5.69 Å². The number of benzene rings is 2. The maximum atomic E-state index is 12.1. The van der Waals surface area contributed by atoms with Crippen LogP contribution in [0.3, 0.4) is 0 Å². The molecule has 2 aromatic rings. The molecule has 1 unspecified atom stereocenters. The fourth-order valence-corrected chi connectivity index (χ4v) is 2.07. The van der Waals surface area contributed by atoms with Crippen molar-refractivity contribution in [1.29, 1.82) is 0 Å². The summed E-state index contributed by atoms with van der Waals surface area (Å²) in [4.78, 5) is 12.1. The average molecular weight is 282 g/mol. The lowest BCUT2D eigenvalue weighted by Gasteiger charge is -2.14. The minimum Gasteiger partial charge on any atom is -0.325 e. The number of anilines is 1. The predicted molar refractivity (Wildman–Crippen MR) is 87.3 cm³/mol. The molecule has 2 rings (SSSR count). The molecule has 0 spiro atoms. The Balaban J connectivity index is 1.86. The van der Waals surface area contributed by atoms with Crippen molar-refractivity contribution in [2.24, 2.45) is 0 Å². The highest BCUT2D eigenvalue weighted by Gasteiger charge is 2.12. The van der Waals surface area contributed by atoms with Gasteiger partial charge in [-0.05, 0) is 38.5 Å². The largest absolute Gasteiger partial charge is 0.325 e. The number of hydrogen-bond acceptors (Lipinski definition) is 2. The lowest BCUT2D eigenvalue weighted by Crippen LogP contribution is -2.37. The Morgan fingerprint density at radius 2 is 1.76 bits per heavy atom. The summed E-state index contributed by atoms with van der Waals surface area (Å²) < 4.78 is 0. The number of aryl methyl sites for hydroxylation is 2. The van der Waals surface area contributed by atoms with E-state index in [0.29, 0.717) is 6.54 Å². The van der Waals surface area contributed by atoms with E-state index in [1.54, 1.807) is 0 Å². The molecule has 0 aliphatic heterocycles. The highest BCUT2D eigenvalue weighted by molar-refractivity contribution is 5.94. The first-order chi connectivity index (χ1) is 10.0. The first-order valence-corrected chi connectivity index (χ1v) is 7.21. The van der Waals surface area contributed by atoms with Gasteiger partial charge >= 0.3 is 0 Å². The van der Waals surface area contributed by atoms with Gasteiger partial charge in [0.05, 0.1) is 6.04 Å². The third kappa shape index (κ3) is 4.72. The minimum atomic E-state index is -0.244. The number of carbonyl (C=O) groups excluding carboxylic acids is 1. The number of hydrogen-bond donors (Lipinski definition) is 2. The number of amides is 1. The SMILES string of the molecule is Cc1ccc(NC(=O)C(C)NCc2cccc(C)c2)cc1. The average Bonchev–Trinajstić information content (AvgIpc) is 2.47. The third-order valence-electron chi connectivity index (χ3n) is 3.41. The minimum absolute atomic E-state index is 0.0218. The Morgan fingerprint density at radius 3 is 2.43 bits per heavy atom. The van der Waals surface area contributed by atoms with E-state index in [1.807, 2.05) is 44.2 Å². The van der Waals surface area contributed by atoms with Crippen molar-refractivity contribution in [2.75, 3.05) is 5.32 Å². The van der Waals surface area contributed by atoms with E-state index in [4.69, 9.17) is 0 Å². The van der Waals surface area contributed by atoms with Gasteiger partial charge in [0.15, 0.2) is 0 Å². The lowest BCUT2D eigenvalue weighted by molar-refractivity contribution is -0.117. The predicted octanol–water partition coefficient (Wildman–Crippen LogP) is 3.42. The Kier molecular flexibility index (Phi) is 5.12. The quantitative estimate of drug-likeness (QED) is 0.882. The van der Waals surface area contributed by atoms with Gasteiger partial charge < -0.3 is 10.6 Å². The lowest BCUT2D eigenvalue weighted by atomic mass is 10.1. The van der Waals surface area contributed by atoms with Crippen LogP contribution in [0.25, 0.3) is 0 Å². The van der Waals surface area contributed by atoms with E-state index < -0.39 is 0 Å². The molecule has 3 heteroatoms. The van der Waals surface area contributed by atoms with Crippen LogP contribution in [0, 0.1) is 13.8 Å². The monoisotopic (exact) mass is 282 g/mol. The molecule has 0 aliphatic rings. The molecule has 2 N–H and O–H groups in total. The second-order valence-electron chi connectivity index (χ2n) is 5.45. The van der Waals surface area contributed by atoms with Crippen molar-refractivity contribution < 1.29 is 4.79 Å². The molecule has 0 saturated carbocycles. The van der Waals surface area contributed by atoms with E-state index in [9.17, 15) is 4.79 Å². The molecule has 1 amide bonds. The molecule has 2 aromatic carbocycles. The van der Waals surface area contributed by atoms with Crippen LogP contribution >= 0.6 is 0 Å². The Labute approximate surface area is 126 Å². The maximum Gasteiger partial charge on any atom is 0.241 e. The molecule has 0 aromatic heterocycles. The third-order valence-corrected chi connectivity index (χ3v) is 3.41. The van der Waals surface area contributed by atoms with Crippen molar-refractivity contribution in [1.82, 2.24) is 5.32 Å². The Bertz CT molecular complexity index is 605. The number of rotatable bonds is 5. The fourth-order valence-electron chi connectivity index (χ4n) is 2.07.